The molecule has 0 amide bonds. The smallest absolute Gasteiger partial charge is 0.192 e. The van der Waals surface area contributed by atoms with Crippen LogP contribution in [0, 0.1) is 56.7 Å². The Morgan fingerprint density at radius 2 is 1.02 bits per heavy atom. The van der Waals surface area contributed by atoms with E-state index in [2.05, 4.69) is 0 Å². The molecule has 2 aromatic rings. The van der Waals surface area contributed by atoms with Gasteiger partial charge >= 0.3 is 28.8 Å². The maximum absolute atomic E-state index is 14.0. The molecule has 42 heavy (non-hydrogen) atoms. The highest BCUT2D eigenvalue weighted by atomic mass is 32.5. The first kappa shape index (κ1) is 33.2. The number of rotatable bonds is 2. The summed E-state index contributed by atoms with van der Waals surface area (Å²) in [5.41, 5.74) is -18.4. The topological polar surface area (TPSA) is 119 Å². The first-order valence-corrected chi connectivity index (χ1v) is 11.7. The maximum Gasteiger partial charge on any atom is 0.418 e. The van der Waals surface area contributed by atoms with Gasteiger partial charge in [0, 0.05) is 10.4 Å². The molecule has 0 spiro atoms. The van der Waals surface area contributed by atoms with Crippen LogP contribution in [-0.4, -0.2) is 0 Å². The number of nitrogens with zero attached hydrogens (tertiary/aromatic N) is 5. The summed E-state index contributed by atoms with van der Waals surface area (Å²) < 4.78 is 193. The predicted octanol–water partition coefficient (Wildman–Crippen LogP) is 7.06. The molecule has 0 unspecified atom stereocenters. The van der Waals surface area contributed by atoms with Crippen molar-refractivity contribution < 1.29 is 58.9 Å². The van der Waals surface area contributed by atoms with Gasteiger partial charge < -0.3 is 0 Å². The van der Waals surface area contributed by atoms with Crippen LogP contribution in [0.4, 0.5) is 58.9 Å². The van der Waals surface area contributed by atoms with Crippen LogP contribution >= 0.6 is 10.2 Å². The van der Waals surface area contributed by atoms with E-state index in [1.165, 1.54) is 0 Å². The summed E-state index contributed by atoms with van der Waals surface area (Å²) >= 11 is 0. The number of halogens is 14. The maximum atomic E-state index is 14.0. The van der Waals surface area contributed by atoms with Crippen LogP contribution in [0.2, 0.25) is 0 Å². The number of nitriles is 5. The van der Waals surface area contributed by atoms with Crippen LogP contribution in [0.3, 0.4) is 0 Å². The molecule has 0 heterocycles. The van der Waals surface area contributed by atoms with Gasteiger partial charge in [0.15, 0.2) is 0 Å². The molecule has 2 rings (SSSR count). The molecule has 0 saturated carbocycles. The van der Waals surface area contributed by atoms with Crippen molar-refractivity contribution in [2.24, 2.45) is 0 Å². The lowest BCUT2D eigenvalue weighted by molar-refractivity contribution is -0.143. The van der Waals surface area contributed by atoms with Crippen molar-refractivity contribution in [1.29, 1.82) is 26.3 Å². The lowest BCUT2D eigenvalue weighted by Gasteiger charge is -2.41. The molecule has 2 aromatic carbocycles. The van der Waals surface area contributed by atoms with Crippen LogP contribution in [0.5, 0.6) is 0 Å². The number of alkyl halides is 9. The van der Waals surface area contributed by atoms with Gasteiger partial charge in [-0.15, -0.1) is 0 Å². The zero-order valence-electron chi connectivity index (χ0n) is 19.2. The Balaban J connectivity index is 3.68. The third kappa shape index (κ3) is 6.17. The minimum atomic E-state index is -11.5. The first-order chi connectivity index (χ1) is 18.7. The molecule has 0 radical (unpaired) electrons. The predicted molar refractivity (Wildman–Crippen MR) is 111 cm³/mol. The fraction of sp³-hybridized carbons (Fsp3) is 0.136. The normalized spacial score (nSPS) is 14.6. The second kappa shape index (κ2) is 9.26. The lowest BCUT2D eigenvalue weighted by atomic mass is 9.91. The Kier molecular flexibility index (Phi) is 7.32. The molecule has 0 aliphatic heterocycles. The Morgan fingerprint density at radius 1 is 0.595 bits per heavy atom. The van der Waals surface area contributed by atoms with Crippen molar-refractivity contribution in [1.82, 2.24) is 0 Å². The summed E-state index contributed by atoms with van der Waals surface area (Å²) in [4.78, 5) is -3.69. The summed E-state index contributed by atoms with van der Waals surface area (Å²) in [5, 5.41) is 40.5. The summed E-state index contributed by atoms with van der Waals surface area (Å²) in [6, 6.07) is 0.930. The fourth-order valence-corrected chi connectivity index (χ4v) is 4.51. The quantitative estimate of drug-likeness (QED) is 0.328. The average molecular weight is 635 g/mol. The molecule has 0 aliphatic carbocycles. The number of hydrogen-bond acceptors (Lipinski definition) is 5. The molecule has 0 bridgehead atoms. The van der Waals surface area contributed by atoms with Gasteiger partial charge in [-0.2, -0.15) is 65.8 Å². The van der Waals surface area contributed by atoms with Crippen molar-refractivity contribution >= 4 is 21.4 Å². The van der Waals surface area contributed by atoms with Gasteiger partial charge in [-0.3, -0.25) is 0 Å². The number of hydrogen-bond donors (Lipinski definition) is 0. The highest BCUT2D eigenvalue weighted by Gasteiger charge is 2.67. The van der Waals surface area contributed by atoms with Crippen molar-refractivity contribution in [2.75, 3.05) is 0 Å². The van der Waals surface area contributed by atoms with Crippen molar-refractivity contribution in [2.45, 2.75) is 23.4 Å². The molecule has 0 saturated heterocycles. The van der Waals surface area contributed by atoms with E-state index >= 15 is 0 Å². The van der Waals surface area contributed by atoms with Gasteiger partial charge in [0.25, 0.3) is 0 Å². The average Bonchev–Trinajstić information content (AvgIpc) is 2.81. The molecule has 220 valence electrons. The fourth-order valence-electron chi connectivity index (χ4n) is 3.58. The van der Waals surface area contributed by atoms with E-state index in [0.29, 0.717) is 30.3 Å². The molecular weight excluding hydrogens is 632 g/mol. The van der Waals surface area contributed by atoms with Gasteiger partial charge in [-0.25, -0.2) is 0 Å². The molecule has 0 fully saturated rings. The molecule has 20 heteroatoms. The monoisotopic (exact) mass is 635 g/mol. The second-order valence-electron chi connectivity index (χ2n) is 7.76. The molecule has 0 atom stereocenters. The highest BCUT2D eigenvalue weighted by Crippen LogP contribution is 3.01. The summed E-state index contributed by atoms with van der Waals surface area (Å²) in [6.45, 7) is 0. The van der Waals surface area contributed by atoms with Crippen molar-refractivity contribution in [3.63, 3.8) is 0 Å². The third-order valence-electron chi connectivity index (χ3n) is 5.11. The van der Waals surface area contributed by atoms with Crippen molar-refractivity contribution in [3.8, 4) is 30.3 Å². The van der Waals surface area contributed by atoms with Crippen LogP contribution in [0.15, 0.2) is 23.1 Å². The summed E-state index contributed by atoms with van der Waals surface area (Å²) in [6.07, 6.45) is -18.1. The third-order valence-corrected chi connectivity index (χ3v) is 6.26. The van der Waals surface area contributed by atoms with E-state index in [9.17, 15) is 69.5 Å². The minimum absolute atomic E-state index is 0.462. The highest BCUT2D eigenvalue weighted by molar-refractivity contribution is 8.45. The Bertz CT molecular complexity index is 1810. The molecule has 5 nitrogen and oxygen atoms in total. The van der Waals surface area contributed by atoms with E-state index in [-0.39, 0.29) is 0 Å². The Labute approximate surface area is 223 Å². The largest absolute Gasteiger partial charge is 0.418 e. The summed E-state index contributed by atoms with van der Waals surface area (Å²) in [5.74, 6) is 0. The van der Waals surface area contributed by atoms with Gasteiger partial charge in [-0.1, -0.05) is 19.4 Å². The van der Waals surface area contributed by atoms with E-state index in [1.54, 1.807) is 0 Å². The first-order valence-electron chi connectivity index (χ1n) is 9.78. The number of benzene rings is 2. The van der Waals surface area contributed by atoms with Gasteiger partial charge in [-0.05, 0) is 23.8 Å². The Morgan fingerprint density at radius 3 is 1.31 bits per heavy atom. The minimum Gasteiger partial charge on any atom is -0.192 e. The van der Waals surface area contributed by atoms with Crippen LogP contribution in [-0.2, 0) is 18.5 Å². The van der Waals surface area contributed by atoms with Crippen LogP contribution in [0.1, 0.15) is 33.4 Å². The van der Waals surface area contributed by atoms with Gasteiger partial charge in [0.05, 0.1) is 33.4 Å². The zero-order valence-corrected chi connectivity index (χ0v) is 20.0. The van der Waals surface area contributed by atoms with E-state index < -0.39 is 107 Å². The Hall–Kier alpha value is -5.00. The molecule has 0 aliphatic rings. The van der Waals surface area contributed by atoms with E-state index in [0.717, 1.165) is 0 Å². The van der Waals surface area contributed by atoms with Gasteiger partial charge in [0.1, 0.15) is 40.8 Å². The van der Waals surface area contributed by atoms with E-state index in [1.807, 2.05) is 0 Å². The van der Waals surface area contributed by atoms with Crippen molar-refractivity contribution in [3.05, 3.63) is 62.0 Å². The van der Waals surface area contributed by atoms with Crippen LogP contribution < -0.4 is 10.4 Å². The zero-order chi connectivity index (χ0) is 32.9. The molecule has 0 aromatic heterocycles. The SMILES string of the molecule is N#CC(C#N)=c1c(S(F)(F)(F)(F)F)c/c(=C(\C#N)c2cc(C(F)(F)F)c(C#N)c(C(F)(F)F)c2)c(C#N)c1C(F)(F)F. The van der Waals surface area contributed by atoms with Crippen LogP contribution in [0.25, 0.3) is 11.1 Å². The summed E-state index contributed by atoms with van der Waals surface area (Å²) in [7, 11) is -11.5. The second-order valence-corrected chi connectivity index (χ2v) is 10.1. The lowest BCUT2D eigenvalue weighted by Crippen LogP contribution is -2.35. The van der Waals surface area contributed by atoms with E-state index in [4.69, 9.17) is 15.8 Å². The van der Waals surface area contributed by atoms with Gasteiger partial charge in [0.2, 0.25) is 0 Å². The molecular formula is C22H3F14N5S. The molecule has 0 N–H and O–H groups in total. The standard InChI is InChI=1S/C22H3F14N5S/c23-20(24,25)15-1-9(2-16(14(15)8-41)21(26,27)28)12(6-39)11-3-17(42(32,33,34,35)36)18(10(4-37)5-38)19(13(11)7-40)22(29,30)31/h1-3H/b12-11-.